The predicted molar refractivity (Wildman–Crippen MR) is 202 cm³/mol. The lowest BCUT2D eigenvalue weighted by atomic mass is 9.93. The van der Waals surface area contributed by atoms with Crippen molar-refractivity contribution in [2.45, 2.75) is 142 Å². The molecular weight excluding hydrogens is 712 g/mol. The zero-order valence-corrected chi connectivity index (χ0v) is 33.8. The van der Waals surface area contributed by atoms with Gasteiger partial charge in [0.15, 0.2) is 11.6 Å². The fourth-order valence-electron chi connectivity index (χ4n) is 6.88. The van der Waals surface area contributed by atoms with E-state index in [1.165, 1.54) is 0 Å². The van der Waals surface area contributed by atoms with Gasteiger partial charge in [-0.3, -0.25) is 4.79 Å². The molecule has 2 fully saturated rings. The summed E-state index contributed by atoms with van der Waals surface area (Å²) in [5.41, 5.74) is 0.0823. The molecule has 2 aromatic rings. The van der Waals surface area contributed by atoms with Crippen molar-refractivity contribution in [3.05, 3.63) is 59.7 Å². The van der Waals surface area contributed by atoms with Crippen LogP contribution < -0.4 is 9.47 Å². The van der Waals surface area contributed by atoms with Gasteiger partial charge in [0.2, 0.25) is 0 Å². The van der Waals surface area contributed by atoms with Gasteiger partial charge in [-0.1, -0.05) is 0 Å². The third-order valence-electron chi connectivity index (χ3n) is 9.37. The van der Waals surface area contributed by atoms with E-state index >= 15 is 0 Å². The van der Waals surface area contributed by atoms with Crippen LogP contribution in [0.2, 0.25) is 0 Å². The molecule has 0 saturated carbocycles. The molecule has 306 valence electrons. The Morgan fingerprint density at radius 3 is 1.47 bits per heavy atom. The molecule has 1 N–H and O–H groups in total. The number of hydrogen-bond acceptors (Lipinski definition) is 13. The van der Waals surface area contributed by atoms with Crippen LogP contribution in [0, 0.1) is 5.41 Å². The number of benzene rings is 2. The molecule has 2 aliphatic rings. The molecule has 0 radical (unpaired) electrons. The molecule has 6 atom stereocenters. The summed E-state index contributed by atoms with van der Waals surface area (Å²) >= 11 is 0. The van der Waals surface area contributed by atoms with Gasteiger partial charge in [-0.25, -0.2) is 9.59 Å². The predicted octanol–water partition coefficient (Wildman–Crippen LogP) is 6.81. The maximum Gasteiger partial charge on any atom is 0.338 e. The van der Waals surface area contributed by atoms with E-state index in [0.29, 0.717) is 54.7 Å². The first-order chi connectivity index (χ1) is 25.9. The van der Waals surface area contributed by atoms with Gasteiger partial charge < -0.3 is 47.7 Å². The van der Waals surface area contributed by atoms with Gasteiger partial charge in [0.1, 0.15) is 23.7 Å². The maximum atomic E-state index is 13.3. The Bertz CT molecular complexity index is 1530. The standard InChI is InChI=1S/C42H60O13/c1-40(2,3)39(46)49-21-19-32(51-38(45)28-12-16-30(48-9)17-13-28)23-34-25-36(55-42(6,7)53-34)26-35-24-33(52-41(4,5)54-35)22-31(18-20-43)50-37(44)27-10-14-29(47-8)15-11-27/h10-17,31-36,43H,18-26H2,1-9H3/t31-,32+,33+,34-,35+,36-/m1/s1. The fraction of sp³-hybridized carbons (Fsp3) is 0.643. The van der Waals surface area contributed by atoms with Crippen LogP contribution >= 0.6 is 0 Å². The quantitative estimate of drug-likeness (QED) is 0.132. The highest BCUT2D eigenvalue weighted by Gasteiger charge is 2.42. The van der Waals surface area contributed by atoms with Crippen molar-refractivity contribution in [2.75, 3.05) is 27.4 Å². The van der Waals surface area contributed by atoms with E-state index in [1.54, 1.807) is 83.5 Å². The van der Waals surface area contributed by atoms with E-state index < -0.39 is 41.1 Å². The Balaban J connectivity index is 1.42. The van der Waals surface area contributed by atoms with Gasteiger partial charge in [0.25, 0.3) is 0 Å². The van der Waals surface area contributed by atoms with Crippen molar-refractivity contribution in [3.63, 3.8) is 0 Å². The number of methoxy groups -OCH3 is 2. The summed E-state index contributed by atoms with van der Waals surface area (Å²) in [6.07, 6.45) is 0.396. The number of ether oxygens (including phenoxy) is 9. The van der Waals surface area contributed by atoms with E-state index in [-0.39, 0.29) is 56.4 Å². The Kier molecular flexibility index (Phi) is 15.5. The lowest BCUT2D eigenvalue weighted by Gasteiger charge is -2.45. The summed E-state index contributed by atoms with van der Waals surface area (Å²) < 4.78 is 53.3. The molecule has 2 aromatic carbocycles. The highest BCUT2D eigenvalue weighted by atomic mass is 16.7. The molecule has 0 unspecified atom stereocenters. The molecule has 0 aliphatic carbocycles. The van der Waals surface area contributed by atoms with Gasteiger partial charge in [-0.05, 0) is 97.0 Å². The summed E-state index contributed by atoms with van der Waals surface area (Å²) in [5, 5.41) is 9.80. The highest BCUT2D eigenvalue weighted by molar-refractivity contribution is 5.90. The van der Waals surface area contributed by atoms with Crippen LogP contribution in [0.3, 0.4) is 0 Å². The molecular formula is C42H60O13. The van der Waals surface area contributed by atoms with Crippen LogP contribution in [-0.4, -0.2) is 98.6 Å². The van der Waals surface area contributed by atoms with Crippen LogP contribution in [0.4, 0.5) is 0 Å². The van der Waals surface area contributed by atoms with Crippen LogP contribution in [0.25, 0.3) is 0 Å². The van der Waals surface area contributed by atoms with Gasteiger partial charge in [-0.15, -0.1) is 0 Å². The first-order valence-electron chi connectivity index (χ1n) is 19.1. The molecule has 2 aliphatic heterocycles. The SMILES string of the molecule is COc1ccc(C(=O)O[C@H](CCO)C[C@H]2C[C@@H](C[C@H]3C[C@@H](C[C@H](CCOC(=O)C(C)(C)C)OC(=O)c4ccc(OC)cc4)OC(C)(C)O3)OC(C)(C)O2)cc1. The van der Waals surface area contributed by atoms with Crippen LogP contribution in [0.5, 0.6) is 11.5 Å². The van der Waals surface area contributed by atoms with E-state index in [2.05, 4.69) is 0 Å². The summed E-state index contributed by atoms with van der Waals surface area (Å²) in [5.74, 6) is -1.97. The van der Waals surface area contributed by atoms with Crippen molar-refractivity contribution in [1.82, 2.24) is 0 Å². The van der Waals surface area contributed by atoms with E-state index in [0.717, 1.165) is 0 Å². The normalized spacial score (nSPS) is 23.2. The smallest absolute Gasteiger partial charge is 0.338 e. The molecule has 13 heteroatoms. The molecule has 0 bridgehead atoms. The average molecular weight is 773 g/mol. The summed E-state index contributed by atoms with van der Waals surface area (Å²) in [6.45, 7) is 12.7. The number of esters is 3. The van der Waals surface area contributed by atoms with Crippen molar-refractivity contribution in [1.29, 1.82) is 0 Å². The summed E-state index contributed by atoms with van der Waals surface area (Å²) in [7, 11) is 3.11. The zero-order chi connectivity index (χ0) is 40.4. The van der Waals surface area contributed by atoms with Gasteiger partial charge in [0.05, 0.1) is 61.8 Å². The largest absolute Gasteiger partial charge is 0.497 e. The second-order valence-electron chi connectivity index (χ2n) is 16.1. The topological polar surface area (TPSA) is 155 Å². The van der Waals surface area contributed by atoms with Crippen molar-refractivity contribution < 1.29 is 62.1 Å². The highest BCUT2D eigenvalue weighted by Crippen LogP contribution is 2.37. The first-order valence-corrected chi connectivity index (χ1v) is 19.1. The molecule has 0 aromatic heterocycles. The lowest BCUT2D eigenvalue weighted by molar-refractivity contribution is -0.327. The Morgan fingerprint density at radius 1 is 0.691 bits per heavy atom. The van der Waals surface area contributed by atoms with Gasteiger partial charge >= 0.3 is 17.9 Å². The summed E-state index contributed by atoms with van der Waals surface area (Å²) in [4.78, 5) is 38.7. The average Bonchev–Trinajstić information content (AvgIpc) is 3.09. The lowest BCUT2D eigenvalue weighted by Crippen LogP contribution is -2.50. The molecule has 13 nitrogen and oxygen atoms in total. The minimum absolute atomic E-state index is 0.0752. The minimum Gasteiger partial charge on any atom is -0.497 e. The van der Waals surface area contributed by atoms with Crippen molar-refractivity contribution in [3.8, 4) is 11.5 Å². The number of aliphatic hydroxyl groups is 1. The second-order valence-corrected chi connectivity index (χ2v) is 16.1. The van der Waals surface area contributed by atoms with Crippen LogP contribution in [0.1, 0.15) is 114 Å². The van der Waals surface area contributed by atoms with Gasteiger partial charge in [0, 0.05) is 51.6 Å². The Morgan fingerprint density at radius 2 is 1.09 bits per heavy atom. The van der Waals surface area contributed by atoms with E-state index in [9.17, 15) is 19.5 Å². The summed E-state index contributed by atoms with van der Waals surface area (Å²) in [6, 6.07) is 13.3. The Hall–Kier alpha value is -3.75. The maximum absolute atomic E-state index is 13.3. The molecule has 4 rings (SSSR count). The second kappa shape index (κ2) is 19.4. The number of aliphatic hydroxyl groups excluding tert-OH is 1. The molecule has 2 saturated heterocycles. The number of rotatable bonds is 17. The minimum atomic E-state index is -0.946. The van der Waals surface area contributed by atoms with E-state index in [1.807, 2.05) is 27.7 Å². The monoisotopic (exact) mass is 772 g/mol. The third kappa shape index (κ3) is 14.0. The number of carbonyl (C=O) groups is 3. The molecule has 0 amide bonds. The fourth-order valence-corrected chi connectivity index (χ4v) is 6.88. The van der Waals surface area contributed by atoms with Crippen molar-refractivity contribution in [2.24, 2.45) is 5.41 Å². The third-order valence-corrected chi connectivity index (χ3v) is 9.37. The number of hydrogen-bond donors (Lipinski definition) is 1. The van der Waals surface area contributed by atoms with Crippen molar-refractivity contribution >= 4 is 17.9 Å². The Labute approximate surface area is 325 Å². The molecule has 2 heterocycles. The molecule has 0 spiro atoms. The van der Waals surface area contributed by atoms with Gasteiger partial charge in [-0.2, -0.15) is 0 Å². The van der Waals surface area contributed by atoms with Crippen LogP contribution in [0.15, 0.2) is 48.5 Å². The number of carbonyl (C=O) groups excluding carboxylic acids is 3. The zero-order valence-electron chi connectivity index (χ0n) is 33.8. The van der Waals surface area contributed by atoms with E-state index in [4.69, 9.17) is 42.6 Å². The molecule has 55 heavy (non-hydrogen) atoms. The van der Waals surface area contributed by atoms with Crippen LogP contribution in [-0.2, 0) is 38.0 Å². The first kappa shape index (κ1) is 44.0.